The maximum Gasteiger partial charge on any atom is 0.317 e. The summed E-state index contributed by atoms with van der Waals surface area (Å²) < 4.78 is 0. The highest BCUT2D eigenvalue weighted by molar-refractivity contribution is 6.01. The van der Waals surface area contributed by atoms with Gasteiger partial charge < -0.3 is 10.0 Å². The fraction of sp³-hybridized carbons (Fsp3) is 0.667. The van der Waals surface area contributed by atoms with Crippen molar-refractivity contribution in [3.8, 4) is 0 Å². The molecule has 1 fully saturated rings. The fourth-order valence-electron chi connectivity index (χ4n) is 0.965. The van der Waals surface area contributed by atoms with Crippen molar-refractivity contribution in [1.29, 1.82) is 0 Å². The highest BCUT2D eigenvalue weighted by Crippen LogP contribution is 2.16. The SMILES string of the molecule is CCN1CC(C(=O)O)C1=O. The predicted molar refractivity (Wildman–Crippen MR) is 33.4 cm³/mol. The van der Waals surface area contributed by atoms with E-state index >= 15 is 0 Å². The summed E-state index contributed by atoms with van der Waals surface area (Å²) in [6.45, 7) is 2.82. The van der Waals surface area contributed by atoms with E-state index in [2.05, 4.69) is 0 Å². The second-order valence-electron chi connectivity index (χ2n) is 2.27. The number of hydrogen-bond donors (Lipinski definition) is 1. The molecule has 1 N–H and O–H groups in total. The van der Waals surface area contributed by atoms with Gasteiger partial charge in [-0.05, 0) is 6.92 Å². The van der Waals surface area contributed by atoms with Gasteiger partial charge in [0.25, 0.3) is 0 Å². The summed E-state index contributed by atoms with van der Waals surface area (Å²) in [7, 11) is 0. The van der Waals surface area contributed by atoms with Gasteiger partial charge in [0, 0.05) is 13.1 Å². The molecule has 1 aliphatic rings. The van der Waals surface area contributed by atoms with Crippen LogP contribution in [0.1, 0.15) is 6.92 Å². The number of likely N-dealkylation sites (tertiary alicyclic amines) is 1. The van der Waals surface area contributed by atoms with Crippen LogP contribution in [0, 0.1) is 5.92 Å². The van der Waals surface area contributed by atoms with Crippen LogP contribution in [0.3, 0.4) is 0 Å². The molecule has 4 nitrogen and oxygen atoms in total. The minimum atomic E-state index is -1.00. The van der Waals surface area contributed by atoms with Crippen molar-refractivity contribution >= 4 is 11.9 Å². The molecule has 0 aromatic carbocycles. The van der Waals surface area contributed by atoms with E-state index in [1.54, 1.807) is 0 Å². The standard InChI is InChI=1S/C6H9NO3/c1-2-7-3-4(5(7)8)6(9)10/h4H,2-3H2,1H3,(H,9,10). The number of carboxylic acids is 1. The Morgan fingerprint density at radius 3 is 2.80 bits per heavy atom. The van der Waals surface area contributed by atoms with Gasteiger partial charge in [0.05, 0.1) is 0 Å². The number of carbonyl (C=O) groups excluding carboxylic acids is 1. The molecule has 0 aromatic heterocycles. The summed E-state index contributed by atoms with van der Waals surface area (Å²) in [4.78, 5) is 22.5. The third kappa shape index (κ3) is 0.853. The predicted octanol–water partition coefficient (Wildman–Crippen LogP) is -0.451. The van der Waals surface area contributed by atoms with E-state index in [0.29, 0.717) is 13.1 Å². The highest BCUT2D eigenvalue weighted by atomic mass is 16.4. The first-order valence-electron chi connectivity index (χ1n) is 3.18. The van der Waals surface area contributed by atoms with Crippen molar-refractivity contribution in [2.45, 2.75) is 6.92 Å². The Hall–Kier alpha value is -1.06. The van der Waals surface area contributed by atoms with Gasteiger partial charge in [-0.15, -0.1) is 0 Å². The normalized spacial score (nSPS) is 24.3. The van der Waals surface area contributed by atoms with E-state index in [4.69, 9.17) is 5.11 Å². The Morgan fingerprint density at radius 2 is 2.50 bits per heavy atom. The first kappa shape index (κ1) is 7.05. The molecular weight excluding hydrogens is 134 g/mol. The molecule has 1 unspecified atom stereocenters. The lowest BCUT2D eigenvalue weighted by Gasteiger charge is -2.34. The number of nitrogens with zero attached hydrogens (tertiary/aromatic N) is 1. The molecule has 0 radical (unpaired) electrons. The third-order valence-electron chi connectivity index (χ3n) is 1.69. The number of β-lactam (4-membered cyclic amide) rings is 1. The Labute approximate surface area is 58.4 Å². The van der Waals surface area contributed by atoms with Gasteiger partial charge in [-0.3, -0.25) is 9.59 Å². The van der Waals surface area contributed by atoms with Crippen LogP contribution in [0.15, 0.2) is 0 Å². The van der Waals surface area contributed by atoms with Crippen LogP contribution in [-0.4, -0.2) is 35.0 Å². The van der Waals surface area contributed by atoms with Crippen LogP contribution in [0.2, 0.25) is 0 Å². The van der Waals surface area contributed by atoms with Crippen LogP contribution in [0.5, 0.6) is 0 Å². The van der Waals surface area contributed by atoms with Crippen LogP contribution in [0.25, 0.3) is 0 Å². The zero-order chi connectivity index (χ0) is 7.72. The molecular formula is C6H9NO3. The van der Waals surface area contributed by atoms with Gasteiger partial charge in [-0.25, -0.2) is 0 Å². The van der Waals surface area contributed by atoms with Crippen molar-refractivity contribution in [2.24, 2.45) is 5.92 Å². The topological polar surface area (TPSA) is 57.6 Å². The van der Waals surface area contributed by atoms with E-state index in [1.807, 2.05) is 6.92 Å². The Morgan fingerprint density at radius 1 is 1.90 bits per heavy atom. The van der Waals surface area contributed by atoms with Crippen molar-refractivity contribution in [3.63, 3.8) is 0 Å². The summed E-state index contributed by atoms with van der Waals surface area (Å²) in [6, 6.07) is 0. The number of hydrogen-bond acceptors (Lipinski definition) is 2. The number of aliphatic carboxylic acids is 1. The molecule has 1 amide bonds. The minimum absolute atomic E-state index is 0.255. The molecule has 1 atom stereocenters. The fourth-order valence-corrected chi connectivity index (χ4v) is 0.965. The van der Waals surface area contributed by atoms with Gasteiger partial charge in [0.1, 0.15) is 0 Å². The van der Waals surface area contributed by atoms with Gasteiger partial charge in [0.15, 0.2) is 5.92 Å². The number of amides is 1. The lowest BCUT2D eigenvalue weighted by Crippen LogP contribution is -2.55. The summed E-state index contributed by atoms with van der Waals surface area (Å²) in [6.07, 6.45) is 0. The number of rotatable bonds is 2. The second kappa shape index (κ2) is 2.28. The maximum absolute atomic E-state index is 10.8. The lowest BCUT2D eigenvalue weighted by atomic mass is 10.00. The van der Waals surface area contributed by atoms with Crippen molar-refractivity contribution in [3.05, 3.63) is 0 Å². The van der Waals surface area contributed by atoms with Crippen LogP contribution < -0.4 is 0 Å². The van der Waals surface area contributed by atoms with Gasteiger partial charge in [-0.2, -0.15) is 0 Å². The number of carbonyl (C=O) groups is 2. The zero-order valence-corrected chi connectivity index (χ0v) is 5.70. The van der Waals surface area contributed by atoms with Crippen LogP contribution in [-0.2, 0) is 9.59 Å². The molecule has 1 rings (SSSR count). The molecule has 0 spiro atoms. The first-order chi connectivity index (χ1) is 4.66. The van der Waals surface area contributed by atoms with Crippen molar-refractivity contribution < 1.29 is 14.7 Å². The quantitative estimate of drug-likeness (QED) is 0.420. The van der Waals surface area contributed by atoms with E-state index in [0.717, 1.165) is 0 Å². The molecule has 0 bridgehead atoms. The molecule has 0 aliphatic carbocycles. The highest BCUT2D eigenvalue weighted by Gasteiger charge is 2.40. The van der Waals surface area contributed by atoms with E-state index in [9.17, 15) is 9.59 Å². The zero-order valence-electron chi connectivity index (χ0n) is 5.70. The Balaban J connectivity index is 2.47. The molecule has 1 saturated heterocycles. The second-order valence-corrected chi connectivity index (χ2v) is 2.27. The smallest absolute Gasteiger partial charge is 0.317 e. The van der Waals surface area contributed by atoms with Gasteiger partial charge in [0.2, 0.25) is 5.91 Å². The van der Waals surface area contributed by atoms with E-state index in [-0.39, 0.29) is 5.91 Å². The van der Waals surface area contributed by atoms with Crippen molar-refractivity contribution in [1.82, 2.24) is 4.90 Å². The summed E-state index contributed by atoms with van der Waals surface area (Å²) in [5.74, 6) is -2.02. The molecule has 10 heavy (non-hydrogen) atoms. The van der Waals surface area contributed by atoms with E-state index in [1.165, 1.54) is 4.90 Å². The summed E-state index contributed by atoms with van der Waals surface area (Å²) in [5.41, 5.74) is 0. The molecule has 1 heterocycles. The van der Waals surface area contributed by atoms with Crippen LogP contribution in [0.4, 0.5) is 0 Å². The minimum Gasteiger partial charge on any atom is -0.481 e. The largest absolute Gasteiger partial charge is 0.481 e. The third-order valence-corrected chi connectivity index (χ3v) is 1.69. The average Bonchev–Trinajstić information content (AvgIpc) is 1.85. The molecule has 4 heteroatoms. The summed E-state index contributed by atoms with van der Waals surface area (Å²) in [5, 5.41) is 8.37. The summed E-state index contributed by atoms with van der Waals surface area (Å²) >= 11 is 0. The van der Waals surface area contributed by atoms with Crippen LogP contribution >= 0.6 is 0 Å². The first-order valence-corrected chi connectivity index (χ1v) is 3.18. The number of carboxylic acid groups (broad SMARTS) is 1. The molecule has 0 aromatic rings. The monoisotopic (exact) mass is 143 g/mol. The average molecular weight is 143 g/mol. The van der Waals surface area contributed by atoms with Crippen molar-refractivity contribution in [2.75, 3.05) is 13.1 Å². The molecule has 1 aliphatic heterocycles. The van der Waals surface area contributed by atoms with E-state index < -0.39 is 11.9 Å². The molecule has 0 saturated carbocycles. The lowest BCUT2D eigenvalue weighted by molar-refractivity contribution is -0.161. The Bertz CT molecular complexity index is 178. The maximum atomic E-state index is 10.8. The molecule has 56 valence electrons. The Kier molecular flexibility index (Phi) is 1.61. The van der Waals surface area contributed by atoms with Gasteiger partial charge >= 0.3 is 5.97 Å². The van der Waals surface area contributed by atoms with Gasteiger partial charge in [-0.1, -0.05) is 0 Å².